The third-order valence-corrected chi connectivity index (χ3v) is 2.46. The normalized spacial score (nSPS) is 9.67. The number of aromatic nitrogens is 1. The number of rotatable bonds is 4. The molecule has 0 saturated heterocycles. The van der Waals surface area contributed by atoms with Gasteiger partial charge in [0, 0.05) is 0 Å². The van der Waals surface area contributed by atoms with Gasteiger partial charge in [-0.15, -0.1) is 0 Å². The van der Waals surface area contributed by atoms with E-state index in [9.17, 15) is 9.59 Å². The zero-order chi connectivity index (χ0) is 11.4. The molecule has 80 valence electrons. The lowest BCUT2D eigenvalue weighted by atomic mass is 10.4. The Bertz CT molecular complexity index is 415. The van der Waals surface area contributed by atoms with E-state index in [1.54, 1.807) is 0 Å². The molecular weight excluding hydrogens is 242 g/mol. The van der Waals surface area contributed by atoms with Crippen molar-refractivity contribution in [1.29, 1.82) is 0 Å². The van der Waals surface area contributed by atoms with Crippen molar-refractivity contribution in [2.24, 2.45) is 0 Å². The quantitative estimate of drug-likeness (QED) is 0.649. The van der Waals surface area contributed by atoms with Crippen LogP contribution in [-0.4, -0.2) is 28.6 Å². The number of aromatic carboxylic acids is 1. The molecule has 1 rings (SSSR count). The lowest BCUT2D eigenvalue weighted by Crippen LogP contribution is -2.09. The molecule has 1 heterocycles. The molecule has 0 bridgehead atoms. The van der Waals surface area contributed by atoms with Gasteiger partial charge in [0.05, 0.1) is 0 Å². The fraction of sp³-hybridized carbons (Fsp3) is 0.125. The fourth-order valence-electron chi connectivity index (χ4n) is 0.777. The van der Waals surface area contributed by atoms with E-state index in [1.807, 2.05) is 0 Å². The van der Waals surface area contributed by atoms with E-state index >= 15 is 0 Å². The topological polar surface area (TPSA) is 76.5 Å². The minimum absolute atomic E-state index is 0.00735. The van der Waals surface area contributed by atoms with Gasteiger partial charge in [0.2, 0.25) is 0 Å². The summed E-state index contributed by atoms with van der Waals surface area (Å²) in [4.78, 5) is 25.4. The van der Waals surface area contributed by atoms with Crippen LogP contribution < -0.4 is 0 Å². The highest BCUT2D eigenvalue weighted by Gasteiger charge is 2.23. The van der Waals surface area contributed by atoms with Crippen molar-refractivity contribution >= 4 is 34.9 Å². The van der Waals surface area contributed by atoms with E-state index in [4.69, 9.17) is 16.7 Å². The van der Waals surface area contributed by atoms with Crippen LogP contribution in [0.25, 0.3) is 0 Å². The summed E-state index contributed by atoms with van der Waals surface area (Å²) in [5.41, 5.74) is -0.390. The second-order valence-electron chi connectivity index (χ2n) is 2.34. The second-order valence-corrected chi connectivity index (χ2v) is 3.92. The summed E-state index contributed by atoms with van der Waals surface area (Å²) in [6.45, 7) is 3.36. The SMILES string of the molecule is C=CCOC(=O)c1sc(Cl)nc1C(=O)O. The molecule has 0 radical (unpaired) electrons. The number of hydrogen-bond donors (Lipinski definition) is 1. The van der Waals surface area contributed by atoms with Gasteiger partial charge in [-0.25, -0.2) is 14.6 Å². The molecule has 7 heteroatoms. The third kappa shape index (κ3) is 2.77. The summed E-state index contributed by atoms with van der Waals surface area (Å²) in [5, 5.41) is 8.71. The molecule has 15 heavy (non-hydrogen) atoms. The van der Waals surface area contributed by atoms with Crippen LogP contribution in [-0.2, 0) is 4.74 Å². The van der Waals surface area contributed by atoms with Gasteiger partial charge >= 0.3 is 11.9 Å². The standard InChI is InChI=1S/C8H6ClNO4S/c1-2-3-14-7(13)5-4(6(11)12)10-8(9)15-5/h2H,1,3H2,(H,11,12). The molecule has 0 spiro atoms. The van der Waals surface area contributed by atoms with Crippen LogP contribution in [0.3, 0.4) is 0 Å². The largest absolute Gasteiger partial charge is 0.476 e. The van der Waals surface area contributed by atoms with Crippen LogP contribution in [0.4, 0.5) is 0 Å². The summed E-state index contributed by atoms with van der Waals surface area (Å²) in [7, 11) is 0. The first-order valence-corrected chi connectivity index (χ1v) is 4.93. The zero-order valence-corrected chi connectivity index (χ0v) is 8.97. The maximum atomic E-state index is 11.3. The number of halogens is 1. The Morgan fingerprint density at radius 3 is 2.87 bits per heavy atom. The number of carboxylic acid groups (broad SMARTS) is 1. The third-order valence-electron chi connectivity index (χ3n) is 1.32. The number of nitrogens with zero attached hydrogens (tertiary/aromatic N) is 1. The molecule has 0 fully saturated rings. The van der Waals surface area contributed by atoms with E-state index < -0.39 is 11.9 Å². The van der Waals surface area contributed by atoms with E-state index in [-0.39, 0.29) is 21.6 Å². The van der Waals surface area contributed by atoms with E-state index in [1.165, 1.54) is 6.08 Å². The first kappa shape index (κ1) is 11.7. The minimum Gasteiger partial charge on any atom is -0.476 e. The molecular formula is C8H6ClNO4S. The van der Waals surface area contributed by atoms with Crippen molar-refractivity contribution in [3.05, 3.63) is 27.7 Å². The molecule has 1 aromatic heterocycles. The average molecular weight is 248 g/mol. The minimum atomic E-state index is -1.32. The van der Waals surface area contributed by atoms with Gasteiger partial charge in [-0.3, -0.25) is 0 Å². The van der Waals surface area contributed by atoms with Crippen molar-refractivity contribution in [1.82, 2.24) is 4.98 Å². The predicted octanol–water partition coefficient (Wildman–Crippen LogP) is 1.84. The average Bonchev–Trinajstić information content (AvgIpc) is 2.57. The highest BCUT2D eigenvalue weighted by atomic mass is 35.5. The van der Waals surface area contributed by atoms with Crippen LogP contribution in [0, 0.1) is 0 Å². The Hall–Kier alpha value is -1.40. The van der Waals surface area contributed by atoms with Crippen molar-refractivity contribution < 1.29 is 19.4 Å². The number of hydrogen-bond acceptors (Lipinski definition) is 5. The van der Waals surface area contributed by atoms with Crippen LogP contribution in [0.15, 0.2) is 12.7 Å². The molecule has 0 amide bonds. The van der Waals surface area contributed by atoms with Crippen molar-refractivity contribution in [3.63, 3.8) is 0 Å². The Kier molecular flexibility index (Phi) is 3.81. The van der Waals surface area contributed by atoms with E-state index in [0.717, 1.165) is 11.3 Å². The molecule has 1 N–H and O–H groups in total. The number of thiazole rings is 1. The molecule has 5 nitrogen and oxygen atoms in total. The summed E-state index contributed by atoms with van der Waals surface area (Å²) >= 11 is 6.27. The Morgan fingerprint density at radius 2 is 2.33 bits per heavy atom. The molecule has 1 aromatic rings. The number of carbonyl (C=O) groups excluding carboxylic acids is 1. The lowest BCUT2D eigenvalue weighted by Gasteiger charge is -1.98. The number of ether oxygens (including phenoxy) is 1. The van der Waals surface area contributed by atoms with Crippen LogP contribution >= 0.6 is 22.9 Å². The summed E-state index contributed by atoms with van der Waals surface area (Å²) in [5.74, 6) is -2.08. The van der Waals surface area contributed by atoms with Crippen molar-refractivity contribution in [2.75, 3.05) is 6.61 Å². The Morgan fingerprint density at radius 1 is 1.67 bits per heavy atom. The smallest absolute Gasteiger partial charge is 0.356 e. The molecule has 0 aliphatic heterocycles. The summed E-state index contributed by atoms with van der Waals surface area (Å²) < 4.78 is 4.66. The molecule has 0 atom stereocenters. The second kappa shape index (κ2) is 4.90. The molecule has 0 saturated carbocycles. The van der Waals surface area contributed by atoms with Gasteiger partial charge in [0.25, 0.3) is 0 Å². The van der Waals surface area contributed by atoms with Gasteiger partial charge < -0.3 is 9.84 Å². The Balaban J connectivity index is 2.96. The highest BCUT2D eigenvalue weighted by Crippen LogP contribution is 2.23. The number of esters is 1. The van der Waals surface area contributed by atoms with Crippen LogP contribution in [0.1, 0.15) is 20.2 Å². The van der Waals surface area contributed by atoms with Gasteiger partial charge in [-0.2, -0.15) is 0 Å². The first-order chi connectivity index (χ1) is 7.06. The van der Waals surface area contributed by atoms with Gasteiger partial charge in [0.15, 0.2) is 10.2 Å². The summed E-state index contributed by atoms with van der Waals surface area (Å²) in [6.07, 6.45) is 1.38. The lowest BCUT2D eigenvalue weighted by molar-refractivity contribution is 0.0541. The van der Waals surface area contributed by atoms with E-state index in [2.05, 4.69) is 16.3 Å². The van der Waals surface area contributed by atoms with Gasteiger partial charge in [-0.05, 0) is 0 Å². The monoisotopic (exact) mass is 247 g/mol. The first-order valence-electron chi connectivity index (χ1n) is 3.74. The van der Waals surface area contributed by atoms with Crippen molar-refractivity contribution in [3.8, 4) is 0 Å². The van der Waals surface area contributed by atoms with E-state index in [0.29, 0.717) is 0 Å². The maximum Gasteiger partial charge on any atom is 0.356 e. The number of carbonyl (C=O) groups is 2. The van der Waals surface area contributed by atoms with Crippen molar-refractivity contribution in [2.45, 2.75) is 0 Å². The molecule has 0 aliphatic rings. The van der Waals surface area contributed by atoms with Crippen LogP contribution in [0.2, 0.25) is 4.47 Å². The molecule has 0 unspecified atom stereocenters. The van der Waals surface area contributed by atoms with Gasteiger partial charge in [0.1, 0.15) is 11.5 Å². The maximum absolute atomic E-state index is 11.3. The highest BCUT2D eigenvalue weighted by molar-refractivity contribution is 7.17. The predicted molar refractivity (Wildman–Crippen MR) is 54.6 cm³/mol. The summed E-state index contributed by atoms with van der Waals surface area (Å²) in [6, 6.07) is 0. The fourth-order valence-corrected chi connectivity index (χ4v) is 1.77. The Labute approximate surface area is 94.0 Å². The zero-order valence-electron chi connectivity index (χ0n) is 7.40. The van der Waals surface area contributed by atoms with Gasteiger partial charge in [-0.1, -0.05) is 35.6 Å². The van der Waals surface area contributed by atoms with Crippen LogP contribution in [0.5, 0.6) is 0 Å². The number of carboxylic acids is 1. The molecule has 0 aromatic carbocycles. The molecule has 0 aliphatic carbocycles.